The largest absolute Gasteiger partial charge is 0.309 e. The molecule has 0 fully saturated rings. The molecule has 1 aliphatic carbocycles. The summed E-state index contributed by atoms with van der Waals surface area (Å²) in [6, 6.07) is 67.5. The molecule has 0 saturated heterocycles. The molecule has 0 atom stereocenters. The van der Waals surface area contributed by atoms with Gasteiger partial charge >= 0.3 is 0 Å². The Morgan fingerprint density at radius 1 is 0.429 bits per heavy atom. The molecule has 56 heavy (non-hydrogen) atoms. The summed E-state index contributed by atoms with van der Waals surface area (Å²) in [5.74, 6) is 0.716. The highest BCUT2D eigenvalue weighted by molar-refractivity contribution is 6.18. The predicted molar refractivity (Wildman–Crippen MR) is 233 cm³/mol. The van der Waals surface area contributed by atoms with E-state index in [1.165, 1.54) is 55.2 Å². The number of hydrogen-bond acceptors (Lipinski definition) is 2. The van der Waals surface area contributed by atoms with E-state index in [4.69, 9.17) is 9.97 Å². The second kappa shape index (κ2) is 12.5. The molecule has 0 saturated carbocycles. The predicted octanol–water partition coefficient (Wildman–Crippen LogP) is 13.7. The van der Waals surface area contributed by atoms with Gasteiger partial charge in [0.1, 0.15) is 0 Å². The summed E-state index contributed by atoms with van der Waals surface area (Å²) in [5.41, 5.74) is 17.6. The van der Waals surface area contributed by atoms with E-state index in [9.17, 15) is 0 Å². The summed E-state index contributed by atoms with van der Waals surface area (Å²) in [6.07, 6.45) is 0. The van der Waals surface area contributed by atoms with Crippen molar-refractivity contribution in [2.75, 3.05) is 0 Å². The van der Waals surface area contributed by atoms with Gasteiger partial charge in [0.2, 0.25) is 0 Å². The van der Waals surface area contributed by atoms with Gasteiger partial charge in [-0.1, -0.05) is 172 Å². The third-order valence-electron chi connectivity index (χ3n) is 11.8. The van der Waals surface area contributed by atoms with E-state index >= 15 is 0 Å². The summed E-state index contributed by atoms with van der Waals surface area (Å²) < 4.78 is 2.44. The number of rotatable bonds is 5. The Kier molecular flexibility index (Phi) is 7.20. The molecule has 264 valence electrons. The molecule has 0 spiro atoms. The van der Waals surface area contributed by atoms with Gasteiger partial charge in [-0.25, -0.2) is 9.97 Å². The van der Waals surface area contributed by atoms with Crippen molar-refractivity contribution in [2.45, 2.75) is 19.3 Å². The van der Waals surface area contributed by atoms with Crippen LogP contribution in [0.5, 0.6) is 0 Å². The van der Waals surface area contributed by atoms with E-state index in [-0.39, 0.29) is 5.41 Å². The molecular formula is C53H37N3. The molecule has 0 aliphatic heterocycles. The fraction of sp³-hybridized carbons (Fsp3) is 0.0566. The first kappa shape index (κ1) is 32.3. The van der Waals surface area contributed by atoms with Gasteiger partial charge in [0, 0.05) is 38.4 Å². The Bertz CT molecular complexity index is 3130. The van der Waals surface area contributed by atoms with Crippen molar-refractivity contribution in [3.63, 3.8) is 0 Å². The molecule has 2 heterocycles. The molecule has 3 heteroatoms. The minimum Gasteiger partial charge on any atom is -0.309 e. The maximum atomic E-state index is 5.19. The van der Waals surface area contributed by atoms with Gasteiger partial charge in [0.05, 0.1) is 22.2 Å². The Morgan fingerprint density at radius 3 is 1.88 bits per heavy atom. The smallest absolute Gasteiger partial charge is 0.160 e. The monoisotopic (exact) mass is 715 g/mol. The van der Waals surface area contributed by atoms with Crippen LogP contribution in [0.1, 0.15) is 25.0 Å². The summed E-state index contributed by atoms with van der Waals surface area (Å²) in [6.45, 7) is 4.71. The zero-order chi connectivity index (χ0) is 37.4. The standard InChI is InChI=1S/C53H37N3/c1-53(2)44-20-9-6-17-41(44)49-45(53)31-32-48-50(49)43-19-8-11-22-47(43)56(48)40-16-12-15-39(33-40)36-25-29-38(30-26-36)52-54-46-21-10-7-18-42(46)51(55-52)37-27-23-35(24-28-37)34-13-4-3-5-14-34/h3-33H,1-2H3. The van der Waals surface area contributed by atoms with E-state index in [2.05, 4.69) is 194 Å². The van der Waals surface area contributed by atoms with Crippen molar-refractivity contribution in [2.24, 2.45) is 0 Å². The lowest BCUT2D eigenvalue weighted by atomic mass is 9.82. The average Bonchev–Trinajstić information content (AvgIpc) is 3.72. The van der Waals surface area contributed by atoms with Crippen LogP contribution in [0.3, 0.4) is 0 Å². The van der Waals surface area contributed by atoms with Gasteiger partial charge in [-0.15, -0.1) is 0 Å². The van der Waals surface area contributed by atoms with Gasteiger partial charge in [0.25, 0.3) is 0 Å². The summed E-state index contributed by atoms with van der Waals surface area (Å²) in [7, 11) is 0. The molecule has 0 radical (unpaired) electrons. The molecule has 10 aromatic rings. The SMILES string of the molecule is CC1(C)c2ccccc2-c2c1ccc1c2c2ccccc2n1-c1cccc(-c2ccc(-c3nc(-c4ccc(-c5ccccc5)cc4)c4ccccc4n3)cc2)c1. The maximum Gasteiger partial charge on any atom is 0.160 e. The Morgan fingerprint density at radius 2 is 1.05 bits per heavy atom. The van der Waals surface area contributed by atoms with Crippen LogP contribution in [-0.2, 0) is 5.41 Å². The van der Waals surface area contributed by atoms with Gasteiger partial charge in [0.15, 0.2) is 5.82 Å². The summed E-state index contributed by atoms with van der Waals surface area (Å²) in [4.78, 5) is 10.2. The zero-order valence-corrected chi connectivity index (χ0v) is 31.2. The topological polar surface area (TPSA) is 30.7 Å². The van der Waals surface area contributed by atoms with Crippen LogP contribution in [-0.4, -0.2) is 14.5 Å². The number of benzene rings is 8. The molecule has 0 N–H and O–H groups in total. The van der Waals surface area contributed by atoms with Crippen molar-refractivity contribution in [1.82, 2.24) is 14.5 Å². The first-order valence-corrected chi connectivity index (χ1v) is 19.3. The average molecular weight is 716 g/mol. The van der Waals surface area contributed by atoms with E-state index in [0.29, 0.717) is 5.82 Å². The lowest BCUT2D eigenvalue weighted by Gasteiger charge is -2.21. The first-order valence-electron chi connectivity index (χ1n) is 19.3. The van der Waals surface area contributed by atoms with E-state index in [1.54, 1.807) is 0 Å². The highest BCUT2D eigenvalue weighted by Crippen LogP contribution is 2.53. The van der Waals surface area contributed by atoms with Gasteiger partial charge in [-0.05, 0) is 74.8 Å². The van der Waals surface area contributed by atoms with Crippen LogP contribution in [0.4, 0.5) is 0 Å². The lowest BCUT2D eigenvalue weighted by Crippen LogP contribution is -2.14. The second-order valence-corrected chi connectivity index (χ2v) is 15.4. The lowest BCUT2D eigenvalue weighted by molar-refractivity contribution is 0.661. The Hall–Kier alpha value is -7.10. The number of para-hydroxylation sites is 2. The number of hydrogen-bond donors (Lipinski definition) is 0. The van der Waals surface area contributed by atoms with Crippen molar-refractivity contribution < 1.29 is 0 Å². The van der Waals surface area contributed by atoms with Crippen molar-refractivity contribution >= 4 is 32.7 Å². The molecule has 3 nitrogen and oxygen atoms in total. The van der Waals surface area contributed by atoms with Gasteiger partial charge < -0.3 is 4.57 Å². The van der Waals surface area contributed by atoms with Crippen LogP contribution in [0.15, 0.2) is 188 Å². The fourth-order valence-electron chi connectivity index (χ4n) is 9.04. The van der Waals surface area contributed by atoms with Crippen molar-refractivity contribution in [3.05, 3.63) is 199 Å². The first-order chi connectivity index (χ1) is 27.5. The minimum absolute atomic E-state index is 0.0526. The molecule has 11 rings (SSSR count). The highest BCUT2D eigenvalue weighted by atomic mass is 15.0. The van der Waals surface area contributed by atoms with Crippen molar-refractivity contribution in [1.29, 1.82) is 0 Å². The Labute approximate surface area is 326 Å². The van der Waals surface area contributed by atoms with Crippen LogP contribution >= 0.6 is 0 Å². The third kappa shape index (κ3) is 4.98. The van der Waals surface area contributed by atoms with Gasteiger partial charge in [-0.2, -0.15) is 0 Å². The quantitative estimate of drug-likeness (QED) is 0.178. The highest BCUT2D eigenvalue weighted by Gasteiger charge is 2.37. The second-order valence-electron chi connectivity index (χ2n) is 15.4. The van der Waals surface area contributed by atoms with Crippen LogP contribution in [0, 0.1) is 0 Å². The Balaban J connectivity index is 0.980. The van der Waals surface area contributed by atoms with E-state index in [1.807, 2.05) is 12.1 Å². The van der Waals surface area contributed by atoms with Crippen LogP contribution in [0.25, 0.3) is 94.4 Å². The van der Waals surface area contributed by atoms with Crippen LogP contribution in [0.2, 0.25) is 0 Å². The molecule has 1 aliphatic rings. The maximum absolute atomic E-state index is 5.19. The molecule has 8 aromatic carbocycles. The zero-order valence-electron chi connectivity index (χ0n) is 31.2. The van der Waals surface area contributed by atoms with Crippen molar-refractivity contribution in [3.8, 4) is 61.7 Å². The number of fused-ring (bicyclic) bond motifs is 8. The third-order valence-corrected chi connectivity index (χ3v) is 11.8. The molecule has 0 amide bonds. The molecular weight excluding hydrogens is 679 g/mol. The number of aromatic nitrogens is 3. The molecule has 2 aromatic heterocycles. The fourth-order valence-corrected chi connectivity index (χ4v) is 9.04. The van der Waals surface area contributed by atoms with E-state index in [0.717, 1.165) is 44.5 Å². The molecule has 0 unspecified atom stereocenters. The van der Waals surface area contributed by atoms with E-state index < -0.39 is 0 Å². The molecule has 0 bridgehead atoms. The van der Waals surface area contributed by atoms with Gasteiger partial charge in [-0.3, -0.25) is 0 Å². The minimum atomic E-state index is -0.0526. The summed E-state index contributed by atoms with van der Waals surface area (Å²) in [5, 5.41) is 3.65. The summed E-state index contributed by atoms with van der Waals surface area (Å²) >= 11 is 0. The van der Waals surface area contributed by atoms with Crippen LogP contribution < -0.4 is 0 Å². The number of nitrogens with zero attached hydrogens (tertiary/aromatic N) is 3. The normalized spacial score (nSPS) is 13.0.